The third kappa shape index (κ3) is 5.07. The van der Waals surface area contributed by atoms with Crippen LogP contribution in [0.4, 0.5) is 0 Å². The van der Waals surface area contributed by atoms with Crippen LogP contribution >= 0.6 is 0 Å². The molecule has 0 spiro atoms. The Labute approximate surface area is 340 Å². The Bertz CT molecular complexity index is 3800. The molecule has 5 nitrogen and oxygen atoms in total. The molecule has 12 aromatic rings. The van der Waals surface area contributed by atoms with Crippen LogP contribution in [0.2, 0.25) is 0 Å². The number of hydrogen-bond acceptors (Lipinski definition) is 4. The molecule has 270 valence electrons. The maximum atomic E-state index is 8.91. The van der Waals surface area contributed by atoms with Gasteiger partial charge >= 0.3 is 0 Å². The Morgan fingerprint density at radius 1 is 0.431 bits per heavy atom. The second-order valence-corrected chi connectivity index (χ2v) is 14.4. The van der Waals surface area contributed by atoms with E-state index in [-0.39, 0.29) is 23.0 Å². The van der Waals surface area contributed by atoms with Crippen molar-refractivity contribution in [3.63, 3.8) is 0 Å². The van der Waals surface area contributed by atoms with Crippen LogP contribution in [0.1, 0.15) is 6.85 Å². The molecular weight excluding hydrogens is 709 g/mol. The van der Waals surface area contributed by atoms with Gasteiger partial charge in [-0.3, -0.25) is 0 Å². The number of nitrogens with zero attached hydrogens (tertiary/aromatic N) is 4. The van der Waals surface area contributed by atoms with Crippen LogP contribution in [0.3, 0.4) is 0 Å². The van der Waals surface area contributed by atoms with Gasteiger partial charge in [0, 0.05) is 38.4 Å². The summed E-state index contributed by atoms with van der Waals surface area (Å²) in [6.45, 7) is 0. The van der Waals surface area contributed by atoms with E-state index in [4.69, 9.17) is 26.2 Å². The SMILES string of the molecule is [2H]c1c([2H])c([2H])c(-c2nc(-c3ccccc3)nc(-c3cc(-n4c5ccccc5c5ccccc54)cc4c3oc3cccc(-c5ccc6ccc7ccccc7c6c5)c34)n2)c([2H])c1[2H]. The van der Waals surface area contributed by atoms with Gasteiger partial charge in [0.1, 0.15) is 11.2 Å². The van der Waals surface area contributed by atoms with Crippen LogP contribution in [-0.4, -0.2) is 19.5 Å². The van der Waals surface area contributed by atoms with Gasteiger partial charge in [-0.2, -0.15) is 0 Å². The predicted molar refractivity (Wildman–Crippen MR) is 238 cm³/mol. The molecule has 0 bridgehead atoms. The topological polar surface area (TPSA) is 56.7 Å². The largest absolute Gasteiger partial charge is 0.455 e. The summed E-state index contributed by atoms with van der Waals surface area (Å²) in [6.07, 6.45) is 0. The second kappa shape index (κ2) is 12.8. The molecule has 12 rings (SSSR count). The van der Waals surface area contributed by atoms with Crippen molar-refractivity contribution in [2.24, 2.45) is 0 Å². The zero-order chi connectivity index (χ0) is 42.5. The van der Waals surface area contributed by atoms with E-state index in [1.54, 1.807) is 0 Å². The average Bonchev–Trinajstić information content (AvgIpc) is 3.88. The molecule has 0 atom stereocenters. The van der Waals surface area contributed by atoms with Crippen LogP contribution < -0.4 is 0 Å². The first kappa shape index (κ1) is 27.7. The number of benzene rings is 9. The number of furan rings is 1. The van der Waals surface area contributed by atoms with Crippen LogP contribution in [0.25, 0.3) is 116 Å². The van der Waals surface area contributed by atoms with Gasteiger partial charge in [0.05, 0.1) is 23.5 Å². The molecule has 3 heterocycles. The first-order valence-corrected chi connectivity index (χ1v) is 19.1. The molecule has 0 radical (unpaired) electrons. The van der Waals surface area contributed by atoms with Gasteiger partial charge in [0.2, 0.25) is 0 Å². The Balaban J connectivity index is 1.20. The first-order valence-electron chi connectivity index (χ1n) is 21.6. The molecule has 9 aromatic carbocycles. The highest BCUT2D eigenvalue weighted by Gasteiger charge is 2.23. The van der Waals surface area contributed by atoms with E-state index in [9.17, 15) is 0 Å². The molecule has 0 aliphatic carbocycles. The molecule has 0 N–H and O–H groups in total. The lowest BCUT2D eigenvalue weighted by Gasteiger charge is -2.13. The number of hydrogen-bond donors (Lipinski definition) is 0. The van der Waals surface area contributed by atoms with E-state index in [0.717, 1.165) is 60.2 Å². The Morgan fingerprint density at radius 3 is 1.84 bits per heavy atom. The Kier molecular flexibility index (Phi) is 6.12. The van der Waals surface area contributed by atoms with Crippen LogP contribution in [0.15, 0.2) is 198 Å². The third-order valence-corrected chi connectivity index (χ3v) is 11.1. The third-order valence-electron chi connectivity index (χ3n) is 11.1. The summed E-state index contributed by atoms with van der Waals surface area (Å²) in [5.41, 5.74) is 7.19. The smallest absolute Gasteiger partial charge is 0.167 e. The predicted octanol–water partition coefficient (Wildman–Crippen LogP) is 13.8. The molecule has 0 aliphatic heterocycles. The summed E-state index contributed by atoms with van der Waals surface area (Å²) in [6, 6.07) is 53.4. The number of fused-ring (bicyclic) bond motifs is 9. The van der Waals surface area contributed by atoms with Crippen LogP contribution in [0.5, 0.6) is 0 Å². The lowest BCUT2D eigenvalue weighted by Crippen LogP contribution is -2.01. The van der Waals surface area contributed by atoms with Crippen molar-refractivity contribution >= 4 is 65.3 Å². The number of para-hydroxylation sites is 2. The molecule has 5 heteroatoms. The number of aromatic nitrogens is 4. The highest BCUT2D eigenvalue weighted by molar-refractivity contribution is 6.18. The van der Waals surface area contributed by atoms with Gasteiger partial charge in [-0.15, -0.1) is 0 Å². The molecule has 0 saturated carbocycles. The lowest BCUT2D eigenvalue weighted by atomic mass is 9.94. The summed E-state index contributed by atoms with van der Waals surface area (Å²) in [5.74, 6) is 0.445. The summed E-state index contributed by atoms with van der Waals surface area (Å²) >= 11 is 0. The normalized spacial score (nSPS) is 13.0. The van der Waals surface area contributed by atoms with Gasteiger partial charge in [0.25, 0.3) is 0 Å². The quantitative estimate of drug-likeness (QED) is 0.165. The average molecular weight is 746 g/mol. The molecule has 0 aliphatic rings. The lowest BCUT2D eigenvalue weighted by molar-refractivity contribution is 0.669. The zero-order valence-corrected chi connectivity index (χ0v) is 30.8. The minimum Gasteiger partial charge on any atom is -0.455 e. The minimum absolute atomic E-state index is 0.0496. The van der Waals surface area contributed by atoms with Crippen molar-refractivity contribution < 1.29 is 11.3 Å². The maximum Gasteiger partial charge on any atom is 0.167 e. The van der Waals surface area contributed by atoms with Crippen molar-refractivity contribution in [1.29, 1.82) is 0 Å². The van der Waals surface area contributed by atoms with E-state index in [1.165, 1.54) is 10.8 Å². The molecule has 58 heavy (non-hydrogen) atoms. The van der Waals surface area contributed by atoms with Crippen molar-refractivity contribution in [2.45, 2.75) is 0 Å². The summed E-state index contributed by atoms with van der Waals surface area (Å²) in [7, 11) is 0. The van der Waals surface area contributed by atoms with Gasteiger partial charge in [-0.05, 0) is 69.1 Å². The van der Waals surface area contributed by atoms with E-state index in [2.05, 4.69) is 95.6 Å². The van der Waals surface area contributed by atoms with Gasteiger partial charge in [-0.1, -0.05) is 158 Å². The summed E-state index contributed by atoms with van der Waals surface area (Å²) in [5, 5.41) is 8.60. The van der Waals surface area contributed by atoms with Gasteiger partial charge in [0.15, 0.2) is 17.5 Å². The number of rotatable bonds is 5. The standard InChI is InChI=1S/C53H32N4O/c1-3-15-35(16-4-1)51-54-52(36-17-5-2-6-18-36)56-53(55-51)45-32-38(57-46-23-11-9-20-41(46)42-21-10-12-24-47(42)57)31-44-49-40(22-13-25-48(49)58-50(44)45)37-29-28-34-27-26-33-14-7-8-19-39(33)43(34)30-37/h1-32H/i1D,3D,4D,15D,16D. The Morgan fingerprint density at radius 2 is 1.07 bits per heavy atom. The molecule has 0 amide bonds. The van der Waals surface area contributed by atoms with Crippen molar-refractivity contribution in [1.82, 2.24) is 19.5 Å². The first-order chi connectivity index (χ1) is 30.8. The van der Waals surface area contributed by atoms with Gasteiger partial charge in [-0.25, -0.2) is 15.0 Å². The fourth-order valence-electron chi connectivity index (χ4n) is 8.51. The zero-order valence-electron chi connectivity index (χ0n) is 35.8. The fourth-order valence-corrected chi connectivity index (χ4v) is 8.51. The van der Waals surface area contributed by atoms with E-state index in [0.29, 0.717) is 22.3 Å². The van der Waals surface area contributed by atoms with Crippen molar-refractivity contribution in [3.8, 4) is 51.0 Å². The molecule has 0 unspecified atom stereocenters. The highest BCUT2D eigenvalue weighted by atomic mass is 16.3. The Hall–Kier alpha value is -7.89. The molecular formula is C53H32N4O. The van der Waals surface area contributed by atoms with Gasteiger partial charge < -0.3 is 8.98 Å². The highest BCUT2D eigenvalue weighted by Crippen LogP contribution is 2.44. The van der Waals surface area contributed by atoms with E-state index >= 15 is 0 Å². The van der Waals surface area contributed by atoms with Crippen LogP contribution in [0, 0.1) is 0 Å². The molecule has 3 aromatic heterocycles. The van der Waals surface area contributed by atoms with Crippen molar-refractivity contribution in [3.05, 3.63) is 194 Å². The van der Waals surface area contributed by atoms with E-state index < -0.39 is 30.2 Å². The molecule has 0 fully saturated rings. The van der Waals surface area contributed by atoms with Crippen LogP contribution in [-0.2, 0) is 0 Å². The second-order valence-electron chi connectivity index (χ2n) is 14.4. The summed E-state index contributed by atoms with van der Waals surface area (Å²) < 4.78 is 52.3. The van der Waals surface area contributed by atoms with Crippen molar-refractivity contribution in [2.75, 3.05) is 0 Å². The molecule has 0 saturated heterocycles. The monoisotopic (exact) mass is 745 g/mol. The van der Waals surface area contributed by atoms with E-state index in [1.807, 2.05) is 72.8 Å². The minimum atomic E-state index is -0.496. The summed E-state index contributed by atoms with van der Waals surface area (Å²) in [4.78, 5) is 14.9. The maximum absolute atomic E-state index is 8.91. The fraction of sp³-hybridized carbons (Fsp3) is 0.